The van der Waals surface area contributed by atoms with Crippen molar-refractivity contribution < 1.29 is 4.84 Å². The van der Waals surface area contributed by atoms with Gasteiger partial charge in [-0.3, -0.25) is 4.84 Å². The second-order valence-corrected chi connectivity index (χ2v) is 5.99. The molecule has 0 saturated heterocycles. The van der Waals surface area contributed by atoms with Crippen LogP contribution >= 0.6 is 0 Å². The smallest absolute Gasteiger partial charge is 0.0813 e. The quantitative estimate of drug-likeness (QED) is 0.781. The molecule has 1 aromatic carbocycles. The van der Waals surface area contributed by atoms with Crippen LogP contribution < -0.4 is 5.48 Å². The van der Waals surface area contributed by atoms with E-state index in [1.807, 2.05) is 0 Å². The van der Waals surface area contributed by atoms with E-state index >= 15 is 0 Å². The fourth-order valence-corrected chi connectivity index (χ4v) is 2.38. The summed E-state index contributed by atoms with van der Waals surface area (Å²) < 4.78 is 0. The Balaban J connectivity index is 2.13. The van der Waals surface area contributed by atoms with Gasteiger partial charge in [0.2, 0.25) is 0 Å². The van der Waals surface area contributed by atoms with Crippen LogP contribution in [0.1, 0.15) is 63.6 Å². The lowest BCUT2D eigenvalue weighted by atomic mass is 9.81. The zero-order valence-electron chi connectivity index (χ0n) is 11.3. The van der Waals surface area contributed by atoms with E-state index in [2.05, 4.69) is 57.4 Å². The third kappa shape index (κ3) is 3.08. The van der Waals surface area contributed by atoms with E-state index < -0.39 is 0 Å². The molecule has 17 heavy (non-hydrogen) atoms. The molecule has 2 heteroatoms. The minimum absolute atomic E-state index is 0.141. The maximum atomic E-state index is 5.71. The molecule has 2 rings (SSSR count). The monoisotopic (exact) mass is 233 g/mol. The van der Waals surface area contributed by atoms with Crippen molar-refractivity contribution >= 4 is 0 Å². The first-order valence-corrected chi connectivity index (χ1v) is 6.50. The summed E-state index contributed by atoms with van der Waals surface area (Å²) in [5.74, 6) is 0.666. The number of hydrogen-bond donors (Lipinski definition) is 1. The Kier molecular flexibility index (Phi) is 3.55. The molecule has 1 aromatic rings. The van der Waals surface area contributed by atoms with Crippen LogP contribution in [0, 0.1) is 0 Å². The maximum absolute atomic E-state index is 5.71. The van der Waals surface area contributed by atoms with Gasteiger partial charge in [-0.25, -0.2) is 0 Å². The maximum Gasteiger partial charge on any atom is 0.0813 e. The van der Waals surface area contributed by atoms with Gasteiger partial charge in [-0.1, -0.05) is 31.2 Å². The molecule has 1 aliphatic carbocycles. The van der Waals surface area contributed by atoms with Crippen molar-refractivity contribution in [1.29, 1.82) is 0 Å². The molecule has 0 heterocycles. The highest BCUT2D eigenvalue weighted by Gasteiger charge is 2.25. The minimum atomic E-state index is -0.141. The molecular formula is C15H23NO. The van der Waals surface area contributed by atoms with E-state index in [1.165, 1.54) is 17.5 Å². The fraction of sp³-hybridized carbons (Fsp3) is 0.600. The van der Waals surface area contributed by atoms with Crippen molar-refractivity contribution in [2.24, 2.45) is 0 Å². The van der Waals surface area contributed by atoms with Crippen LogP contribution in [0.2, 0.25) is 0 Å². The molecule has 0 amide bonds. The standard InChI is InChI=1S/C15H23NO/c1-11-9-10-14(16-17-15(2,3)4)13-8-6-5-7-12(11)13/h5-8,11,14,16H,9-10H2,1-4H3. The summed E-state index contributed by atoms with van der Waals surface area (Å²) >= 11 is 0. The SMILES string of the molecule is CC1CCC(NOC(C)(C)C)c2ccccc21. The van der Waals surface area contributed by atoms with E-state index in [1.54, 1.807) is 0 Å². The first-order chi connectivity index (χ1) is 7.97. The Hall–Kier alpha value is -0.860. The fourth-order valence-electron chi connectivity index (χ4n) is 2.38. The summed E-state index contributed by atoms with van der Waals surface area (Å²) in [6, 6.07) is 9.03. The van der Waals surface area contributed by atoms with Crippen LogP contribution in [-0.2, 0) is 4.84 Å². The predicted molar refractivity (Wildman–Crippen MR) is 70.8 cm³/mol. The average molecular weight is 233 g/mol. The van der Waals surface area contributed by atoms with Crippen molar-refractivity contribution in [2.45, 2.75) is 58.1 Å². The highest BCUT2D eigenvalue weighted by molar-refractivity contribution is 5.34. The van der Waals surface area contributed by atoms with Gasteiger partial charge in [0, 0.05) is 0 Å². The number of fused-ring (bicyclic) bond motifs is 1. The second kappa shape index (κ2) is 4.79. The first-order valence-electron chi connectivity index (χ1n) is 6.50. The molecule has 0 radical (unpaired) electrons. The summed E-state index contributed by atoms with van der Waals surface area (Å²) in [5, 5.41) is 0. The summed E-state index contributed by atoms with van der Waals surface area (Å²) in [7, 11) is 0. The average Bonchev–Trinajstić information content (AvgIpc) is 2.27. The van der Waals surface area contributed by atoms with Crippen LogP contribution in [0.15, 0.2) is 24.3 Å². The van der Waals surface area contributed by atoms with Gasteiger partial charge < -0.3 is 0 Å². The van der Waals surface area contributed by atoms with E-state index in [0.717, 1.165) is 6.42 Å². The van der Waals surface area contributed by atoms with Crippen LogP contribution in [0.5, 0.6) is 0 Å². The summed E-state index contributed by atoms with van der Waals surface area (Å²) in [5.41, 5.74) is 5.96. The second-order valence-electron chi connectivity index (χ2n) is 5.99. The van der Waals surface area contributed by atoms with Gasteiger partial charge >= 0.3 is 0 Å². The summed E-state index contributed by atoms with van der Waals surface area (Å²) in [6.45, 7) is 8.51. The minimum Gasteiger partial charge on any atom is -0.296 e. The van der Waals surface area contributed by atoms with Gasteiger partial charge in [-0.15, -0.1) is 0 Å². The molecule has 2 atom stereocenters. The van der Waals surface area contributed by atoms with Crippen molar-refractivity contribution in [2.75, 3.05) is 0 Å². The molecule has 0 aliphatic heterocycles. The lowest BCUT2D eigenvalue weighted by molar-refractivity contribution is -0.0914. The zero-order valence-corrected chi connectivity index (χ0v) is 11.3. The molecule has 2 nitrogen and oxygen atoms in total. The van der Waals surface area contributed by atoms with Crippen molar-refractivity contribution in [1.82, 2.24) is 5.48 Å². The highest BCUT2D eigenvalue weighted by atomic mass is 16.7. The van der Waals surface area contributed by atoms with Gasteiger partial charge in [-0.2, -0.15) is 5.48 Å². The van der Waals surface area contributed by atoms with Gasteiger partial charge in [-0.05, 0) is 50.7 Å². The van der Waals surface area contributed by atoms with E-state index in [4.69, 9.17) is 4.84 Å². The molecule has 0 bridgehead atoms. The topological polar surface area (TPSA) is 21.3 Å². The Morgan fingerprint density at radius 2 is 1.76 bits per heavy atom. The van der Waals surface area contributed by atoms with Crippen LogP contribution in [-0.4, -0.2) is 5.60 Å². The molecule has 0 fully saturated rings. The lowest BCUT2D eigenvalue weighted by Gasteiger charge is -2.32. The van der Waals surface area contributed by atoms with Gasteiger partial charge in [0.15, 0.2) is 0 Å². The van der Waals surface area contributed by atoms with Crippen LogP contribution in [0.4, 0.5) is 0 Å². The Bertz CT molecular complexity index is 381. The zero-order chi connectivity index (χ0) is 12.5. The Labute approximate surface area is 104 Å². The van der Waals surface area contributed by atoms with Crippen molar-refractivity contribution in [3.05, 3.63) is 35.4 Å². The van der Waals surface area contributed by atoms with Crippen LogP contribution in [0.25, 0.3) is 0 Å². The number of hydrogen-bond acceptors (Lipinski definition) is 2. The number of hydroxylamine groups is 1. The van der Waals surface area contributed by atoms with E-state index in [9.17, 15) is 0 Å². The first kappa shape index (κ1) is 12.6. The highest BCUT2D eigenvalue weighted by Crippen LogP contribution is 2.37. The van der Waals surface area contributed by atoms with E-state index in [-0.39, 0.29) is 5.60 Å². The third-order valence-electron chi connectivity index (χ3n) is 3.30. The molecule has 0 aromatic heterocycles. The van der Waals surface area contributed by atoms with Crippen molar-refractivity contribution in [3.8, 4) is 0 Å². The lowest BCUT2D eigenvalue weighted by Crippen LogP contribution is -2.34. The van der Waals surface area contributed by atoms with Gasteiger partial charge in [0.1, 0.15) is 0 Å². The van der Waals surface area contributed by atoms with Crippen molar-refractivity contribution in [3.63, 3.8) is 0 Å². The van der Waals surface area contributed by atoms with E-state index in [0.29, 0.717) is 12.0 Å². The molecular weight excluding hydrogens is 210 g/mol. The number of rotatable bonds is 2. The molecule has 0 spiro atoms. The number of benzene rings is 1. The molecule has 1 aliphatic rings. The number of nitrogens with one attached hydrogen (secondary N) is 1. The Morgan fingerprint density at radius 3 is 2.41 bits per heavy atom. The molecule has 0 saturated carbocycles. The molecule has 2 unspecified atom stereocenters. The summed E-state index contributed by atoms with van der Waals surface area (Å²) in [4.78, 5) is 5.71. The van der Waals surface area contributed by atoms with Crippen LogP contribution in [0.3, 0.4) is 0 Å². The normalized spacial score (nSPS) is 24.5. The third-order valence-corrected chi connectivity index (χ3v) is 3.30. The predicted octanol–water partition coefficient (Wildman–Crippen LogP) is 3.94. The van der Waals surface area contributed by atoms with Gasteiger partial charge in [0.05, 0.1) is 11.6 Å². The molecule has 94 valence electrons. The summed E-state index contributed by atoms with van der Waals surface area (Å²) in [6.07, 6.45) is 2.37. The molecule has 1 N–H and O–H groups in total. The largest absolute Gasteiger partial charge is 0.296 e. The van der Waals surface area contributed by atoms with Gasteiger partial charge in [0.25, 0.3) is 0 Å². The Morgan fingerprint density at radius 1 is 1.12 bits per heavy atom.